The molecule has 6 heteroatoms. The topological polar surface area (TPSA) is 86.7 Å². The summed E-state index contributed by atoms with van der Waals surface area (Å²) in [6, 6.07) is 0. The first kappa shape index (κ1) is 21.8. The summed E-state index contributed by atoms with van der Waals surface area (Å²) in [7, 11) is 0. The zero-order valence-corrected chi connectivity index (χ0v) is 14.8. The molecule has 0 bridgehead atoms. The lowest BCUT2D eigenvalue weighted by Crippen LogP contribution is -2.13. The van der Waals surface area contributed by atoms with E-state index in [1.807, 2.05) is 13.8 Å². The summed E-state index contributed by atoms with van der Waals surface area (Å²) in [6.07, 6.45) is 7.02. The molecular weight excluding hydrogens is 312 g/mol. The number of rotatable bonds is 9. The van der Waals surface area contributed by atoms with Crippen LogP contribution in [0.3, 0.4) is 0 Å². The third-order valence-electron chi connectivity index (χ3n) is 3.08. The molecule has 0 aliphatic carbocycles. The molecule has 0 radical (unpaired) electrons. The molecule has 0 saturated heterocycles. The zero-order valence-electron chi connectivity index (χ0n) is 14.8. The van der Waals surface area contributed by atoms with Crippen LogP contribution in [0.2, 0.25) is 0 Å². The lowest BCUT2D eigenvalue weighted by Gasteiger charge is -2.06. The highest BCUT2D eigenvalue weighted by Crippen LogP contribution is 2.14. The quantitative estimate of drug-likeness (QED) is 0.277. The maximum Gasteiger partial charge on any atom is 0.341 e. The number of carbonyl (C=O) groups excluding carboxylic acids is 4. The van der Waals surface area contributed by atoms with Gasteiger partial charge in [-0.3, -0.25) is 9.59 Å². The molecule has 0 N–H and O–H groups in total. The lowest BCUT2D eigenvalue weighted by molar-refractivity contribution is -0.157. The summed E-state index contributed by atoms with van der Waals surface area (Å²) in [5.74, 6) is -2.81. The van der Waals surface area contributed by atoms with E-state index in [4.69, 9.17) is 0 Å². The second-order valence-corrected chi connectivity index (χ2v) is 5.35. The van der Waals surface area contributed by atoms with E-state index in [9.17, 15) is 19.2 Å². The van der Waals surface area contributed by atoms with Gasteiger partial charge >= 0.3 is 23.9 Å². The van der Waals surface area contributed by atoms with E-state index >= 15 is 0 Å². The van der Waals surface area contributed by atoms with Crippen LogP contribution in [0, 0.1) is 0 Å². The summed E-state index contributed by atoms with van der Waals surface area (Å²) in [5, 5.41) is 0. The average Bonchev–Trinajstić information content (AvgIpc) is 2.48. The van der Waals surface area contributed by atoms with E-state index < -0.39 is 23.9 Å². The van der Waals surface area contributed by atoms with Crippen LogP contribution in [0.4, 0.5) is 0 Å². The first-order valence-corrected chi connectivity index (χ1v) is 8.16. The Balaban J connectivity index is 5.40. The Bertz CT molecular complexity index is 480. The summed E-state index contributed by atoms with van der Waals surface area (Å²) in [6.45, 7) is 6.26. The predicted octanol–water partition coefficient (Wildman–Crippen LogP) is 3.40. The molecule has 0 aromatic carbocycles. The minimum absolute atomic E-state index is 0.302. The average molecular weight is 338 g/mol. The van der Waals surface area contributed by atoms with E-state index in [-0.39, 0.29) is 0 Å². The van der Waals surface area contributed by atoms with E-state index in [2.05, 4.69) is 9.47 Å². The molecule has 0 aromatic rings. The van der Waals surface area contributed by atoms with Crippen molar-refractivity contribution in [3.05, 3.63) is 23.3 Å². The Kier molecular flexibility index (Phi) is 11.1. The first-order valence-electron chi connectivity index (χ1n) is 8.16. The van der Waals surface area contributed by atoms with E-state index in [0.29, 0.717) is 24.0 Å². The molecule has 0 aliphatic heterocycles. The highest BCUT2D eigenvalue weighted by Gasteiger charge is 2.15. The maximum absolute atomic E-state index is 11.9. The maximum atomic E-state index is 11.9. The monoisotopic (exact) mass is 338 g/mol. The number of hydrogen-bond acceptors (Lipinski definition) is 6. The smallest absolute Gasteiger partial charge is 0.341 e. The molecule has 134 valence electrons. The molecule has 0 unspecified atom stereocenters. The van der Waals surface area contributed by atoms with Gasteiger partial charge in [0.05, 0.1) is 0 Å². The minimum Gasteiger partial charge on any atom is -0.390 e. The number of carbonyl (C=O) groups is 4. The Morgan fingerprint density at radius 3 is 1.29 bits per heavy atom. The molecular formula is C18H26O6. The number of hydrogen-bond donors (Lipinski definition) is 0. The van der Waals surface area contributed by atoms with Crippen LogP contribution >= 0.6 is 0 Å². The van der Waals surface area contributed by atoms with Crippen LogP contribution in [0.15, 0.2) is 23.3 Å². The number of unbranched alkanes of at least 4 members (excludes halogenated alkanes) is 2. The van der Waals surface area contributed by atoms with E-state index in [0.717, 1.165) is 39.5 Å². The van der Waals surface area contributed by atoms with Crippen LogP contribution in [-0.2, 0) is 28.7 Å². The van der Waals surface area contributed by atoms with Gasteiger partial charge in [-0.2, -0.15) is 0 Å². The van der Waals surface area contributed by atoms with Crippen LogP contribution in [-0.4, -0.2) is 23.9 Å². The molecule has 0 amide bonds. The zero-order chi connectivity index (χ0) is 18.5. The number of esters is 4. The van der Waals surface area contributed by atoms with Gasteiger partial charge in [0, 0.05) is 25.0 Å². The Hall–Kier alpha value is -2.24. The second-order valence-electron chi connectivity index (χ2n) is 5.35. The summed E-state index contributed by atoms with van der Waals surface area (Å²) in [4.78, 5) is 45.7. The summed E-state index contributed by atoms with van der Waals surface area (Å²) >= 11 is 0. The van der Waals surface area contributed by atoms with Crippen LogP contribution in [0.5, 0.6) is 0 Å². The highest BCUT2D eigenvalue weighted by atomic mass is 16.6. The number of allylic oxidation sites excluding steroid dienone is 2. The predicted molar refractivity (Wildman–Crippen MR) is 88.8 cm³/mol. The molecule has 0 aromatic heterocycles. The Morgan fingerprint density at radius 1 is 0.708 bits per heavy atom. The Labute approximate surface area is 142 Å². The van der Waals surface area contributed by atoms with Gasteiger partial charge in [-0.25, -0.2) is 9.59 Å². The fourth-order valence-electron chi connectivity index (χ4n) is 1.83. The molecule has 0 saturated carbocycles. The fraction of sp³-hybridized carbons (Fsp3) is 0.556. The third kappa shape index (κ3) is 9.71. The normalized spacial score (nSPS) is 11.8. The van der Waals surface area contributed by atoms with Gasteiger partial charge in [-0.05, 0) is 25.7 Å². The first-order chi connectivity index (χ1) is 11.3. The fourth-order valence-corrected chi connectivity index (χ4v) is 1.83. The standard InChI is InChI=1S/C18H26O6/c1-5-7-9-15(17(21)23-13(3)19)11-12-16(10-8-6-2)18(22)24-14(4)20/h11-12H,5-10H2,1-4H3. The molecule has 24 heavy (non-hydrogen) atoms. The van der Waals surface area contributed by atoms with Gasteiger partial charge in [-0.1, -0.05) is 38.8 Å². The molecule has 6 nitrogen and oxygen atoms in total. The summed E-state index contributed by atoms with van der Waals surface area (Å²) < 4.78 is 9.20. The van der Waals surface area contributed by atoms with Crippen molar-refractivity contribution >= 4 is 23.9 Å². The number of ether oxygens (including phenoxy) is 2. The molecule has 0 heterocycles. The molecule has 0 aliphatic rings. The van der Waals surface area contributed by atoms with Crippen molar-refractivity contribution in [2.75, 3.05) is 0 Å². The van der Waals surface area contributed by atoms with Gasteiger partial charge in [0.1, 0.15) is 0 Å². The lowest BCUT2D eigenvalue weighted by atomic mass is 10.0. The van der Waals surface area contributed by atoms with Crippen molar-refractivity contribution in [1.82, 2.24) is 0 Å². The Morgan fingerprint density at radius 2 is 1.04 bits per heavy atom. The van der Waals surface area contributed by atoms with Crippen molar-refractivity contribution in [2.45, 2.75) is 66.2 Å². The van der Waals surface area contributed by atoms with Gasteiger partial charge in [0.2, 0.25) is 0 Å². The molecule has 0 atom stereocenters. The van der Waals surface area contributed by atoms with Crippen LogP contribution in [0.25, 0.3) is 0 Å². The van der Waals surface area contributed by atoms with Crippen molar-refractivity contribution < 1.29 is 28.7 Å². The van der Waals surface area contributed by atoms with Crippen LogP contribution < -0.4 is 0 Å². The third-order valence-corrected chi connectivity index (χ3v) is 3.08. The van der Waals surface area contributed by atoms with E-state index in [1.165, 1.54) is 12.2 Å². The van der Waals surface area contributed by atoms with Crippen LogP contribution in [0.1, 0.15) is 66.2 Å². The van der Waals surface area contributed by atoms with Gasteiger partial charge in [0.15, 0.2) is 0 Å². The van der Waals surface area contributed by atoms with Gasteiger partial charge in [-0.15, -0.1) is 0 Å². The highest BCUT2D eigenvalue weighted by molar-refractivity contribution is 5.97. The van der Waals surface area contributed by atoms with Crippen molar-refractivity contribution in [1.29, 1.82) is 0 Å². The van der Waals surface area contributed by atoms with Crippen molar-refractivity contribution in [3.63, 3.8) is 0 Å². The van der Waals surface area contributed by atoms with Crippen molar-refractivity contribution in [2.24, 2.45) is 0 Å². The molecule has 0 fully saturated rings. The molecule has 0 spiro atoms. The second kappa shape index (κ2) is 12.2. The van der Waals surface area contributed by atoms with Crippen molar-refractivity contribution in [3.8, 4) is 0 Å². The summed E-state index contributed by atoms with van der Waals surface area (Å²) in [5.41, 5.74) is 0.605. The van der Waals surface area contributed by atoms with Gasteiger partial charge < -0.3 is 9.47 Å². The largest absolute Gasteiger partial charge is 0.390 e. The SMILES string of the molecule is CCCCC(=CC=C(CCCC)C(=O)OC(C)=O)C(=O)OC(C)=O. The van der Waals surface area contributed by atoms with E-state index in [1.54, 1.807) is 0 Å². The molecule has 0 rings (SSSR count). The minimum atomic E-state index is -0.720. The van der Waals surface area contributed by atoms with Gasteiger partial charge in [0.25, 0.3) is 0 Å².